The van der Waals surface area contributed by atoms with Crippen LogP contribution in [0.15, 0.2) is 34.7 Å². The fraction of sp³-hybridized carbons (Fsp3) is 0.300. The van der Waals surface area contributed by atoms with Gasteiger partial charge in [0, 0.05) is 12.6 Å². The van der Waals surface area contributed by atoms with E-state index in [1.807, 2.05) is 37.3 Å². The van der Waals surface area contributed by atoms with Crippen LogP contribution in [0.25, 0.3) is 11.5 Å². The molecule has 0 fully saturated rings. The highest BCUT2D eigenvalue weighted by atomic mass is 16.5. The Morgan fingerprint density at radius 1 is 1.18 bits per heavy atom. The van der Waals surface area contributed by atoms with Gasteiger partial charge in [-0.25, -0.2) is 9.78 Å². The molecule has 8 heteroatoms. The zero-order chi connectivity index (χ0) is 20.4. The van der Waals surface area contributed by atoms with E-state index in [0.29, 0.717) is 23.0 Å². The molecule has 1 amide bonds. The van der Waals surface area contributed by atoms with Crippen molar-refractivity contribution in [1.29, 1.82) is 0 Å². The maximum absolute atomic E-state index is 12.5. The van der Waals surface area contributed by atoms with Gasteiger partial charge in [0.15, 0.2) is 11.8 Å². The molecule has 0 saturated heterocycles. The summed E-state index contributed by atoms with van der Waals surface area (Å²) in [5.41, 5.74) is 2.90. The largest absolute Gasteiger partial charge is 0.448 e. The summed E-state index contributed by atoms with van der Waals surface area (Å²) < 4.78 is 12.5. The van der Waals surface area contributed by atoms with Crippen LogP contribution in [0.3, 0.4) is 0 Å². The maximum Gasteiger partial charge on any atom is 0.361 e. The summed E-state index contributed by atoms with van der Waals surface area (Å²) in [6.45, 7) is 6.77. The Balaban J connectivity index is 1.70. The molecule has 1 aromatic carbocycles. The van der Waals surface area contributed by atoms with Crippen LogP contribution in [0, 0.1) is 20.8 Å². The molecular weight excluding hydrogens is 360 g/mol. The van der Waals surface area contributed by atoms with Crippen molar-refractivity contribution < 1.29 is 18.7 Å². The number of aryl methyl sites for hydroxylation is 3. The fourth-order valence-corrected chi connectivity index (χ4v) is 2.74. The standard InChI is InChI=1S/C20H22N4O4/c1-11-16(12(2)24(5)23-11)21-18(25)14(4)28-20(26)17-13(3)27-19(22-17)15-9-7-6-8-10-15/h6-10,14H,1-5H3,(H,21,25)/t14-/m1/s1. The first-order valence-corrected chi connectivity index (χ1v) is 8.82. The van der Waals surface area contributed by atoms with Gasteiger partial charge in [-0.05, 0) is 39.8 Å². The molecule has 2 aromatic heterocycles. The van der Waals surface area contributed by atoms with Gasteiger partial charge in [0.05, 0.1) is 17.1 Å². The van der Waals surface area contributed by atoms with Gasteiger partial charge in [-0.15, -0.1) is 0 Å². The lowest BCUT2D eigenvalue weighted by atomic mass is 10.2. The third-order valence-corrected chi connectivity index (χ3v) is 4.42. The van der Waals surface area contributed by atoms with E-state index in [1.165, 1.54) is 6.92 Å². The van der Waals surface area contributed by atoms with Crippen molar-refractivity contribution in [2.45, 2.75) is 33.8 Å². The number of hydrogen-bond acceptors (Lipinski definition) is 6. The predicted octanol–water partition coefficient (Wildman–Crippen LogP) is 3.18. The van der Waals surface area contributed by atoms with Crippen molar-refractivity contribution in [3.8, 4) is 11.5 Å². The number of rotatable bonds is 5. The average Bonchev–Trinajstić information content (AvgIpc) is 3.17. The second-order valence-electron chi connectivity index (χ2n) is 6.50. The van der Waals surface area contributed by atoms with Crippen molar-refractivity contribution in [2.75, 3.05) is 5.32 Å². The lowest BCUT2D eigenvalue weighted by molar-refractivity contribution is -0.123. The molecule has 1 N–H and O–H groups in total. The Morgan fingerprint density at radius 3 is 2.46 bits per heavy atom. The number of nitrogens with zero attached hydrogens (tertiary/aromatic N) is 3. The van der Waals surface area contributed by atoms with Crippen LogP contribution in [0.4, 0.5) is 5.69 Å². The summed E-state index contributed by atoms with van der Waals surface area (Å²) >= 11 is 0. The SMILES string of the molecule is Cc1nn(C)c(C)c1NC(=O)[C@@H](C)OC(=O)c1nc(-c2ccccc2)oc1C. The van der Waals surface area contributed by atoms with E-state index in [2.05, 4.69) is 15.4 Å². The van der Waals surface area contributed by atoms with Gasteiger partial charge >= 0.3 is 5.97 Å². The maximum atomic E-state index is 12.5. The molecule has 1 atom stereocenters. The monoisotopic (exact) mass is 382 g/mol. The normalized spacial score (nSPS) is 11.9. The summed E-state index contributed by atoms with van der Waals surface area (Å²) in [4.78, 5) is 29.1. The predicted molar refractivity (Wildman–Crippen MR) is 103 cm³/mol. The Labute approximate surface area is 162 Å². The third-order valence-electron chi connectivity index (χ3n) is 4.42. The van der Waals surface area contributed by atoms with E-state index < -0.39 is 18.0 Å². The van der Waals surface area contributed by atoms with Crippen LogP contribution in [0.5, 0.6) is 0 Å². The zero-order valence-electron chi connectivity index (χ0n) is 16.4. The summed E-state index contributed by atoms with van der Waals surface area (Å²) in [6.07, 6.45) is -1.01. The second kappa shape index (κ2) is 7.67. The number of ether oxygens (including phenoxy) is 1. The van der Waals surface area contributed by atoms with E-state index in [1.54, 1.807) is 25.6 Å². The molecule has 0 saturated carbocycles. The first kappa shape index (κ1) is 19.3. The van der Waals surface area contributed by atoms with Crippen LogP contribution >= 0.6 is 0 Å². The Morgan fingerprint density at radius 2 is 1.86 bits per heavy atom. The van der Waals surface area contributed by atoms with Crippen molar-refractivity contribution >= 4 is 17.6 Å². The first-order chi connectivity index (χ1) is 13.3. The highest BCUT2D eigenvalue weighted by molar-refractivity contribution is 5.97. The highest BCUT2D eigenvalue weighted by Gasteiger charge is 2.25. The van der Waals surface area contributed by atoms with Gasteiger partial charge in [0.2, 0.25) is 5.89 Å². The first-order valence-electron chi connectivity index (χ1n) is 8.82. The summed E-state index contributed by atoms with van der Waals surface area (Å²) in [6, 6.07) is 9.23. The molecule has 146 valence electrons. The van der Waals surface area contributed by atoms with E-state index in [9.17, 15) is 9.59 Å². The second-order valence-corrected chi connectivity index (χ2v) is 6.50. The highest BCUT2D eigenvalue weighted by Crippen LogP contribution is 2.22. The van der Waals surface area contributed by atoms with E-state index in [0.717, 1.165) is 11.3 Å². The Kier molecular flexibility index (Phi) is 5.30. The number of anilines is 1. The van der Waals surface area contributed by atoms with Gasteiger partial charge < -0.3 is 14.5 Å². The van der Waals surface area contributed by atoms with Crippen molar-refractivity contribution in [1.82, 2.24) is 14.8 Å². The molecule has 0 radical (unpaired) electrons. The number of oxazole rings is 1. The van der Waals surface area contributed by atoms with Gasteiger partial charge in [0.1, 0.15) is 5.76 Å². The fourth-order valence-electron chi connectivity index (χ4n) is 2.74. The van der Waals surface area contributed by atoms with Gasteiger partial charge in [-0.1, -0.05) is 18.2 Å². The molecule has 2 heterocycles. The van der Waals surface area contributed by atoms with Crippen LogP contribution < -0.4 is 5.32 Å². The van der Waals surface area contributed by atoms with Gasteiger partial charge in [-0.2, -0.15) is 5.10 Å². The number of carbonyl (C=O) groups is 2. The Hall–Kier alpha value is -3.42. The topological polar surface area (TPSA) is 99.2 Å². The number of hydrogen-bond donors (Lipinski definition) is 1. The van der Waals surface area contributed by atoms with E-state index in [-0.39, 0.29) is 5.69 Å². The summed E-state index contributed by atoms with van der Waals surface area (Å²) in [5, 5.41) is 7.00. The lowest BCUT2D eigenvalue weighted by Gasteiger charge is -2.13. The molecule has 8 nitrogen and oxygen atoms in total. The summed E-state index contributed by atoms with van der Waals surface area (Å²) in [5.74, 6) is -0.512. The minimum Gasteiger partial charge on any atom is -0.448 e. The minimum absolute atomic E-state index is 0.0484. The van der Waals surface area contributed by atoms with Crippen molar-refractivity contribution in [2.24, 2.45) is 7.05 Å². The van der Waals surface area contributed by atoms with Crippen LogP contribution in [-0.2, 0) is 16.6 Å². The molecule has 0 aliphatic rings. The number of benzene rings is 1. The lowest BCUT2D eigenvalue weighted by Crippen LogP contribution is -2.30. The van der Waals surface area contributed by atoms with Crippen molar-refractivity contribution in [3.05, 3.63) is 53.2 Å². The average molecular weight is 382 g/mol. The van der Waals surface area contributed by atoms with E-state index in [4.69, 9.17) is 9.15 Å². The number of esters is 1. The molecule has 28 heavy (non-hydrogen) atoms. The molecular formula is C20H22N4O4. The minimum atomic E-state index is -1.01. The van der Waals surface area contributed by atoms with Gasteiger partial charge in [0.25, 0.3) is 5.91 Å². The molecule has 3 aromatic rings. The molecule has 0 aliphatic heterocycles. The Bertz CT molecular complexity index is 1020. The summed E-state index contributed by atoms with van der Waals surface area (Å²) in [7, 11) is 1.79. The van der Waals surface area contributed by atoms with Crippen LogP contribution in [0.1, 0.15) is 34.6 Å². The quantitative estimate of drug-likeness (QED) is 0.681. The number of amides is 1. The molecule has 0 spiro atoms. The number of carbonyl (C=O) groups excluding carboxylic acids is 2. The molecule has 0 bridgehead atoms. The molecule has 3 rings (SSSR count). The van der Waals surface area contributed by atoms with Crippen molar-refractivity contribution in [3.63, 3.8) is 0 Å². The third kappa shape index (κ3) is 3.80. The van der Waals surface area contributed by atoms with Crippen LogP contribution in [-0.4, -0.2) is 32.7 Å². The number of nitrogens with one attached hydrogen (secondary N) is 1. The number of aromatic nitrogens is 3. The molecule has 0 unspecified atom stereocenters. The van der Waals surface area contributed by atoms with Crippen LogP contribution in [0.2, 0.25) is 0 Å². The smallest absolute Gasteiger partial charge is 0.361 e. The van der Waals surface area contributed by atoms with Gasteiger partial charge in [-0.3, -0.25) is 9.48 Å². The zero-order valence-corrected chi connectivity index (χ0v) is 16.4. The van der Waals surface area contributed by atoms with E-state index >= 15 is 0 Å². The molecule has 0 aliphatic carbocycles.